The molecule has 0 bridgehead atoms. The average Bonchev–Trinajstić information content (AvgIpc) is 2.38. The number of halogens is 2. The Balaban J connectivity index is 2.08. The van der Waals surface area contributed by atoms with Crippen molar-refractivity contribution in [2.24, 2.45) is 0 Å². The van der Waals surface area contributed by atoms with E-state index in [0.29, 0.717) is 12.0 Å². The van der Waals surface area contributed by atoms with Crippen LogP contribution in [0.2, 0.25) is 0 Å². The highest BCUT2D eigenvalue weighted by atomic mass is 19.3. The van der Waals surface area contributed by atoms with Gasteiger partial charge in [-0.25, -0.2) is 4.98 Å². The van der Waals surface area contributed by atoms with Gasteiger partial charge in [-0.05, 0) is 39.4 Å². The first kappa shape index (κ1) is 14.2. The predicted molar refractivity (Wildman–Crippen MR) is 69.6 cm³/mol. The van der Waals surface area contributed by atoms with Crippen molar-refractivity contribution in [2.75, 3.05) is 14.1 Å². The number of alkyl halides is 2. The van der Waals surface area contributed by atoms with Crippen LogP contribution < -0.4 is 4.74 Å². The van der Waals surface area contributed by atoms with Crippen LogP contribution in [0.4, 0.5) is 8.78 Å². The molecular weight excluding hydrogens is 250 g/mol. The van der Waals surface area contributed by atoms with Crippen LogP contribution in [0.15, 0.2) is 18.2 Å². The number of nitrogens with zero attached hydrogens (tertiary/aromatic N) is 2. The molecule has 0 N–H and O–H groups in total. The number of ether oxygens (including phenoxy) is 1. The summed E-state index contributed by atoms with van der Waals surface area (Å²) in [5.41, 5.74) is 0.865. The van der Waals surface area contributed by atoms with E-state index in [4.69, 9.17) is 0 Å². The van der Waals surface area contributed by atoms with Gasteiger partial charge in [0.1, 0.15) is 0 Å². The van der Waals surface area contributed by atoms with E-state index in [9.17, 15) is 8.78 Å². The Hall–Kier alpha value is -1.23. The molecule has 0 amide bonds. The number of pyridine rings is 1. The normalized spacial score (nSPS) is 23.9. The van der Waals surface area contributed by atoms with Crippen molar-refractivity contribution in [3.8, 4) is 5.88 Å². The molecule has 0 saturated heterocycles. The van der Waals surface area contributed by atoms with Gasteiger partial charge in [-0.3, -0.25) is 0 Å². The minimum absolute atomic E-state index is 0.0134. The van der Waals surface area contributed by atoms with Gasteiger partial charge in [0.05, 0.1) is 0 Å². The Kier molecular flexibility index (Phi) is 4.69. The fraction of sp³-hybridized carbons (Fsp3) is 0.643. The second-order valence-electron chi connectivity index (χ2n) is 5.26. The summed E-state index contributed by atoms with van der Waals surface area (Å²) in [5.74, 6) is 0.349. The summed E-state index contributed by atoms with van der Waals surface area (Å²) in [5, 5.41) is 0. The van der Waals surface area contributed by atoms with Crippen molar-refractivity contribution in [3.63, 3.8) is 0 Å². The van der Waals surface area contributed by atoms with E-state index in [1.165, 1.54) is 12.5 Å². The molecule has 0 aromatic carbocycles. The molecule has 1 saturated carbocycles. The minimum atomic E-state index is -2.82. The van der Waals surface area contributed by atoms with Crippen molar-refractivity contribution in [2.45, 2.75) is 44.3 Å². The maximum atomic E-state index is 12.2. The molecule has 1 aliphatic rings. The number of hydrogen-bond acceptors (Lipinski definition) is 3. The van der Waals surface area contributed by atoms with Gasteiger partial charge in [0.15, 0.2) is 0 Å². The molecule has 0 radical (unpaired) electrons. The highest BCUT2D eigenvalue weighted by Crippen LogP contribution is 2.34. The molecule has 1 heterocycles. The van der Waals surface area contributed by atoms with E-state index < -0.39 is 6.61 Å². The van der Waals surface area contributed by atoms with Crippen LogP contribution in [0.25, 0.3) is 0 Å². The zero-order valence-corrected chi connectivity index (χ0v) is 11.4. The van der Waals surface area contributed by atoms with Crippen molar-refractivity contribution in [1.29, 1.82) is 0 Å². The molecule has 1 fully saturated rings. The summed E-state index contributed by atoms with van der Waals surface area (Å²) >= 11 is 0. The fourth-order valence-corrected chi connectivity index (χ4v) is 2.72. The molecule has 2 atom stereocenters. The highest BCUT2D eigenvalue weighted by Gasteiger charge is 2.25. The molecule has 2 rings (SSSR count). The monoisotopic (exact) mass is 270 g/mol. The van der Waals surface area contributed by atoms with Gasteiger partial charge in [-0.15, -0.1) is 0 Å². The minimum Gasteiger partial charge on any atom is -0.417 e. The quantitative estimate of drug-likeness (QED) is 0.839. The Bertz CT molecular complexity index is 412. The lowest BCUT2D eigenvalue weighted by Gasteiger charge is -2.33. The zero-order valence-electron chi connectivity index (χ0n) is 11.4. The summed E-state index contributed by atoms with van der Waals surface area (Å²) in [6, 6.07) is 5.66. The van der Waals surface area contributed by atoms with Gasteiger partial charge in [-0.2, -0.15) is 8.78 Å². The van der Waals surface area contributed by atoms with Crippen molar-refractivity contribution in [3.05, 3.63) is 23.9 Å². The van der Waals surface area contributed by atoms with Crippen LogP contribution in [0.1, 0.15) is 37.3 Å². The molecule has 5 heteroatoms. The average molecular weight is 270 g/mol. The summed E-state index contributed by atoms with van der Waals surface area (Å²) in [7, 11) is 4.16. The predicted octanol–water partition coefficient (Wildman–Crippen LogP) is 3.27. The number of rotatable bonds is 4. The molecule has 1 aromatic heterocycles. The first-order chi connectivity index (χ1) is 9.06. The van der Waals surface area contributed by atoms with E-state index >= 15 is 0 Å². The summed E-state index contributed by atoms with van der Waals surface area (Å²) in [4.78, 5) is 6.44. The van der Waals surface area contributed by atoms with Crippen molar-refractivity contribution in [1.82, 2.24) is 9.88 Å². The Morgan fingerprint density at radius 2 is 2.11 bits per heavy atom. The van der Waals surface area contributed by atoms with Crippen LogP contribution in [0.3, 0.4) is 0 Å². The molecule has 3 nitrogen and oxygen atoms in total. The SMILES string of the molecule is CN(C)[C@@H]1CCC[C@H](c2cccc(OC(F)F)n2)C1. The van der Waals surface area contributed by atoms with E-state index in [0.717, 1.165) is 25.0 Å². The van der Waals surface area contributed by atoms with Crippen molar-refractivity contribution < 1.29 is 13.5 Å². The summed E-state index contributed by atoms with van der Waals surface area (Å²) in [6.07, 6.45) is 4.43. The second-order valence-corrected chi connectivity index (χ2v) is 5.26. The first-order valence-corrected chi connectivity index (χ1v) is 6.64. The Morgan fingerprint density at radius 1 is 1.32 bits per heavy atom. The Labute approximate surface area is 112 Å². The highest BCUT2D eigenvalue weighted by molar-refractivity contribution is 5.19. The van der Waals surface area contributed by atoms with Crippen LogP contribution >= 0.6 is 0 Å². The second kappa shape index (κ2) is 6.28. The Morgan fingerprint density at radius 3 is 2.79 bits per heavy atom. The maximum Gasteiger partial charge on any atom is 0.388 e. The maximum absolute atomic E-state index is 12.2. The molecule has 106 valence electrons. The van der Waals surface area contributed by atoms with Gasteiger partial charge < -0.3 is 9.64 Å². The molecule has 0 aliphatic heterocycles. The zero-order chi connectivity index (χ0) is 13.8. The van der Waals surface area contributed by atoms with Gasteiger partial charge in [-0.1, -0.05) is 12.5 Å². The first-order valence-electron chi connectivity index (χ1n) is 6.64. The molecule has 19 heavy (non-hydrogen) atoms. The van der Waals surface area contributed by atoms with Crippen LogP contribution in [-0.4, -0.2) is 36.6 Å². The summed E-state index contributed by atoms with van der Waals surface area (Å²) in [6.45, 7) is -2.82. The van der Waals surface area contributed by atoms with Crippen LogP contribution in [-0.2, 0) is 0 Å². The lowest BCUT2D eigenvalue weighted by Crippen LogP contribution is -2.32. The van der Waals surface area contributed by atoms with Crippen LogP contribution in [0.5, 0.6) is 5.88 Å². The molecular formula is C14H20F2N2O. The largest absolute Gasteiger partial charge is 0.417 e. The third-order valence-electron chi connectivity index (χ3n) is 3.75. The molecule has 1 aliphatic carbocycles. The number of hydrogen-bond donors (Lipinski definition) is 0. The van der Waals surface area contributed by atoms with E-state index in [1.54, 1.807) is 6.07 Å². The van der Waals surface area contributed by atoms with E-state index in [2.05, 4.69) is 28.7 Å². The number of aromatic nitrogens is 1. The molecule has 0 unspecified atom stereocenters. The van der Waals surface area contributed by atoms with Crippen molar-refractivity contribution >= 4 is 0 Å². The van der Waals surface area contributed by atoms with E-state index in [-0.39, 0.29) is 5.88 Å². The van der Waals surface area contributed by atoms with Gasteiger partial charge in [0.2, 0.25) is 5.88 Å². The third-order valence-corrected chi connectivity index (χ3v) is 3.75. The van der Waals surface area contributed by atoms with Gasteiger partial charge in [0, 0.05) is 23.7 Å². The van der Waals surface area contributed by atoms with Gasteiger partial charge >= 0.3 is 6.61 Å². The lowest BCUT2D eigenvalue weighted by atomic mass is 9.83. The molecule has 0 spiro atoms. The van der Waals surface area contributed by atoms with Crippen LogP contribution in [0, 0.1) is 0 Å². The molecule has 1 aromatic rings. The fourth-order valence-electron chi connectivity index (χ4n) is 2.72. The van der Waals surface area contributed by atoms with E-state index in [1.807, 2.05) is 6.07 Å². The third kappa shape index (κ3) is 3.86. The lowest BCUT2D eigenvalue weighted by molar-refractivity contribution is -0.0530. The summed E-state index contributed by atoms with van der Waals surface area (Å²) < 4.78 is 28.8. The standard InChI is InChI=1S/C14H20F2N2O/c1-18(2)11-6-3-5-10(9-11)12-7-4-8-13(17-12)19-14(15)16/h4,7-8,10-11,14H,3,5-6,9H2,1-2H3/t10-,11+/m0/s1. The topological polar surface area (TPSA) is 25.4 Å². The van der Waals surface area contributed by atoms with Gasteiger partial charge in [0.25, 0.3) is 0 Å². The smallest absolute Gasteiger partial charge is 0.388 e.